The zero-order valence-electron chi connectivity index (χ0n) is 20.6. The molecule has 0 aliphatic carbocycles. The quantitative estimate of drug-likeness (QED) is 0.554. The fraction of sp³-hybridized carbons (Fsp3) is 0.500. The number of benzene rings is 2. The number of likely N-dealkylation sites (N-methyl/N-ethyl adjacent to an activating group) is 1. The lowest BCUT2D eigenvalue weighted by atomic mass is 9.78. The molecule has 2 heterocycles. The van der Waals surface area contributed by atoms with Crippen LogP contribution >= 0.6 is 0 Å². The van der Waals surface area contributed by atoms with Gasteiger partial charge in [-0.3, -0.25) is 4.79 Å². The van der Waals surface area contributed by atoms with Gasteiger partial charge in [0.1, 0.15) is 11.5 Å². The molecule has 0 spiro atoms. The van der Waals surface area contributed by atoms with E-state index in [2.05, 4.69) is 11.9 Å². The van der Waals surface area contributed by atoms with Gasteiger partial charge in [0.2, 0.25) is 15.9 Å². The highest BCUT2D eigenvalue weighted by molar-refractivity contribution is 7.89. The van der Waals surface area contributed by atoms with Crippen LogP contribution in [0.15, 0.2) is 59.5 Å². The van der Waals surface area contributed by atoms with E-state index in [9.17, 15) is 13.2 Å². The molecule has 2 aliphatic heterocycles. The van der Waals surface area contributed by atoms with E-state index in [1.807, 2.05) is 35.2 Å². The van der Waals surface area contributed by atoms with Crippen LogP contribution in [0.5, 0.6) is 11.5 Å². The predicted octanol–water partition coefficient (Wildman–Crippen LogP) is 2.71. The summed E-state index contributed by atoms with van der Waals surface area (Å²) in [6.07, 6.45) is 1.65. The van der Waals surface area contributed by atoms with E-state index in [1.54, 1.807) is 24.3 Å². The minimum atomic E-state index is -3.75. The van der Waals surface area contributed by atoms with Gasteiger partial charge in [-0.1, -0.05) is 24.3 Å². The van der Waals surface area contributed by atoms with Gasteiger partial charge in [-0.2, -0.15) is 4.31 Å². The molecule has 4 rings (SSSR count). The van der Waals surface area contributed by atoms with E-state index in [1.165, 1.54) is 11.4 Å². The van der Waals surface area contributed by atoms with Crippen molar-refractivity contribution in [1.29, 1.82) is 0 Å². The molecule has 0 bridgehead atoms. The van der Waals surface area contributed by atoms with Crippen molar-refractivity contribution in [2.45, 2.75) is 24.2 Å². The Balaban J connectivity index is 1.57. The number of amides is 1. The second-order valence-electron chi connectivity index (χ2n) is 9.58. The molecular weight excluding hydrogens is 466 g/mol. The lowest BCUT2D eigenvalue weighted by molar-refractivity contribution is -0.136. The Morgan fingerprint density at radius 2 is 1.69 bits per heavy atom. The van der Waals surface area contributed by atoms with Crippen LogP contribution in [0.4, 0.5) is 0 Å². The standard InChI is InChI=1S/C26H35N3O5S/c1-27-14-16-28(17-15-27)25(30)19-26(21-34-22-8-4-3-5-9-22)12-7-13-29(20-26)35(31,32)24-11-6-10-23(18-24)33-2/h3-6,8-11,18H,7,12-17,19-21H2,1-2H3/t26-/m0/s1. The van der Waals surface area contributed by atoms with Crippen molar-refractivity contribution >= 4 is 15.9 Å². The van der Waals surface area contributed by atoms with Crippen molar-refractivity contribution < 1.29 is 22.7 Å². The summed E-state index contributed by atoms with van der Waals surface area (Å²) in [4.78, 5) is 17.7. The third-order valence-electron chi connectivity index (χ3n) is 6.98. The number of carbonyl (C=O) groups excluding carboxylic acids is 1. The van der Waals surface area contributed by atoms with Crippen molar-refractivity contribution in [3.8, 4) is 11.5 Å². The van der Waals surface area contributed by atoms with Gasteiger partial charge in [-0.05, 0) is 44.2 Å². The molecule has 1 atom stereocenters. The highest BCUT2D eigenvalue weighted by Gasteiger charge is 2.43. The number of piperidine rings is 1. The third kappa shape index (κ3) is 6.15. The van der Waals surface area contributed by atoms with E-state index in [0.717, 1.165) is 19.5 Å². The number of carbonyl (C=O) groups is 1. The van der Waals surface area contributed by atoms with Crippen LogP contribution in [0, 0.1) is 5.41 Å². The number of para-hydroxylation sites is 1. The van der Waals surface area contributed by atoms with E-state index in [0.29, 0.717) is 37.6 Å². The minimum absolute atomic E-state index is 0.0652. The molecule has 9 heteroatoms. The van der Waals surface area contributed by atoms with Crippen LogP contribution < -0.4 is 9.47 Å². The van der Waals surface area contributed by atoms with E-state index < -0.39 is 15.4 Å². The fourth-order valence-electron chi connectivity index (χ4n) is 4.83. The van der Waals surface area contributed by atoms with Crippen LogP contribution in [-0.2, 0) is 14.8 Å². The summed E-state index contributed by atoms with van der Waals surface area (Å²) in [5.74, 6) is 1.27. The Bertz CT molecular complexity index is 1100. The van der Waals surface area contributed by atoms with Gasteiger partial charge in [0, 0.05) is 57.2 Å². The van der Waals surface area contributed by atoms with E-state index >= 15 is 0 Å². The number of hydrogen-bond acceptors (Lipinski definition) is 6. The molecule has 2 aromatic rings. The highest BCUT2D eigenvalue weighted by Crippen LogP contribution is 2.37. The topological polar surface area (TPSA) is 79.4 Å². The van der Waals surface area contributed by atoms with Crippen molar-refractivity contribution in [3.05, 3.63) is 54.6 Å². The van der Waals surface area contributed by atoms with Crippen LogP contribution in [0.2, 0.25) is 0 Å². The smallest absolute Gasteiger partial charge is 0.243 e. The summed E-state index contributed by atoms with van der Waals surface area (Å²) >= 11 is 0. The molecule has 0 N–H and O–H groups in total. The lowest BCUT2D eigenvalue weighted by Crippen LogP contribution is -2.53. The highest BCUT2D eigenvalue weighted by atomic mass is 32.2. The van der Waals surface area contributed by atoms with Gasteiger partial charge in [0.25, 0.3) is 0 Å². The van der Waals surface area contributed by atoms with Gasteiger partial charge >= 0.3 is 0 Å². The molecule has 0 aromatic heterocycles. The Hall–Kier alpha value is -2.62. The summed E-state index contributed by atoms with van der Waals surface area (Å²) in [6, 6.07) is 16.0. The number of methoxy groups -OCH3 is 1. The van der Waals surface area contributed by atoms with Crippen LogP contribution in [-0.4, -0.2) is 88.5 Å². The molecule has 2 fully saturated rings. The maximum Gasteiger partial charge on any atom is 0.243 e. The van der Waals surface area contributed by atoms with Gasteiger partial charge < -0.3 is 19.3 Å². The molecule has 0 radical (unpaired) electrons. The van der Waals surface area contributed by atoms with Crippen molar-refractivity contribution in [2.75, 3.05) is 60.0 Å². The number of rotatable bonds is 8. The molecule has 35 heavy (non-hydrogen) atoms. The zero-order valence-corrected chi connectivity index (χ0v) is 21.4. The molecular formula is C26H35N3O5S. The van der Waals surface area contributed by atoms with Gasteiger partial charge in [-0.15, -0.1) is 0 Å². The summed E-state index contributed by atoms with van der Waals surface area (Å²) in [6.45, 7) is 3.99. The van der Waals surface area contributed by atoms with Crippen LogP contribution in [0.1, 0.15) is 19.3 Å². The van der Waals surface area contributed by atoms with Crippen molar-refractivity contribution in [1.82, 2.24) is 14.1 Å². The Morgan fingerprint density at radius 1 is 0.971 bits per heavy atom. The molecule has 0 saturated carbocycles. The normalized spacial score (nSPS) is 22.1. The monoisotopic (exact) mass is 501 g/mol. The Morgan fingerprint density at radius 3 is 2.40 bits per heavy atom. The first kappa shape index (κ1) is 25.5. The number of sulfonamides is 1. The first-order valence-electron chi connectivity index (χ1n) is 12.1. The third-order valence-corrected chi connectivity index (χ3v) is 8.82. The Kier molecular flexibility index (Phi) is 7.98. The average molecular weight is 502 g/mol. The second kappa shape index (κ2) is 11.0. The summed E-state index contributed by atoms with van der Waals surface area (Å²) in [5.41, 5.74) is -0.611. The Labute approximate surface area is 208 Å². The average Bonchev–Trinajstić information content (AvgIpc) is 2.88. The number of hydrogen-bond donors (Lipinski definition) is 0. The van der Waals surface area contributed by atoms with Crippen molar-refractivity contribution in [3.63, 3.8) is 0 Å². The maximum atomic E-state index is 13.6. The number of nitrogens with zero attached hydrogens (tertiary/aromatic N) is 3. The van der Waals surface area contributed by atoms with Gasteiger partial charge in [-0.25, -0.2) is 8.42 Å². The number of piperazine rings is 1. The molecule has 1 amide bonds. The lowest BCUT2D eigenvalue weighted by Gasteiger charge is -2.43. The maximum absolute atomic E-state index is 13.6. The first-order chi connectivity index (χ1) is 16.8. The molecule has 2 aromatic carbocycles. The summed E-state index contributed by atoms with van der Waals surface area (Å²) in [5, 5.41) is 0. The molecule has 190 valence electrons. The van der Waals surface area contributed by atoms with E-state index in [4.69, 9.17) is 9.47 Å². The van der Waals surface area contributed by atoms with E-state index in [-0.39, 0.29) is 30.4 Å². The zero-order chi connectivity index (χ0) is 24.9. The minimum Gasteiger partial charge on any atom is -0.497 e. The SMILES string of the molecule is COc1cccc(S(=O)(=O)N2CCC[C@](COc3ccccc3)(CC(=O)N3CCN(C)CC3)C2)c1. The van der Waals surface area contributed by atoms with Crippen LogP contribution in [0.25, 0.3) is 0 Å². The van der Waals surface area contributed by atoms with Gasteiger partial charge in [0.05, 0.1) is 18.6 Å². The largest absolute Gasteiger partial charge is 0.497 e. The summed E-state index contributed by atoms with van der Waals surface area (Å²) in [7, 11) is -0.179. The molecule has 2 saturated heterocycles. The summed E-state index contributed by atoms with van der Waals surface area (Å²) < 4.78 is 40.0. The predicted molar refractivity (Wildman–Crippen MR) is 134 cm³/mol. The second-order valence-corrected chi connectivity index (χ2v) is 11.5. The molecule has 0 unspecified atom stereocenters. The number of ether oxygens (including phenoxy) is 2. The van der Waals surface area contributed by atoms with Crippen LogP contribution in [0.3, 0.4) is 0 Å². The van der Waals surface area contributed by atoms with Gasteiger partial charge in [0.15, 0.2) is 0 Å². The van der Waals surface area contributed by atoms with Crippen molar-refractivity contribution in [2.24, 2.45) is 5.41 Å². The molecule has 8 nitrogen and oxygen atoms in total. The first-order valence-corrected chi connectivity index (χ1v) is 13.5. The fourth-order valence-corrected chi connectivity index (χ4v) is 6.46. The molecule has 2 aliphatic rings.